The first-order valence-corrected chi connectivity index (χ1v) is 10.4. The largest absolute Gasteiger partial charge is 0.454 e. The number of sulfonamides is 1. The Bertz CT molecular complexity index is 1120. The lowest BCUT2D eigenvalue weighted by atomic mass is 10.1. The number of nitrogens with one attached hydrogen (secondary N) is 1. The second kappa shape index (κ2) is 6.96. The van der Waals surface area contributed by atoms with Crippen molar-refractivity contribution in [2.75, 3.05) is 6.79 Å². The summed E-state index contributed by atoms with van der Waals surface area (Å²) in [5.74, 6) is 1.28. The third-order valence-corrected chi connectivity index (χ3v) is 6.52. The van der Waals surface area contributed by atoms with Crippen LogP contribution >= 0.6 is 0 Å². The van der Waals surface area contributed by atoms with E-state index in [0.717, 1.165) is 11.3 Å². The van der Waals surface area contributed by atoms with Crippen LogP contribution in [0, 0.1) is 13.8 Å². The fourth-order valence-electron chi connectivity index (χ4n) is 3.38. The first-order chi connectivity index (χ1) is 13.4. The molecule has 0 spiro atoms. The Balaban J connectivity index is 1.65. The highest BCUT2D eigenvalue weighted by Crippen LogP contribution is 2.34. The summed E-state index contributed by atoms with van der Waals surface area (Å²) in [6.07, 6.45) is 0. The molecule has 0 aliphatic carbocycles. The first-order valence-electron chi connectivity index (χ1n) is 8.90. The number of hydrogen-bond acceptors (Lipinski definition) is 5. The van der Waals surface area contributed by atoms with Crippen molar-refractivity contribution in [1.82, 2.24) is 14.5 Å². The van der Waals surface area contributed by atoms with Crippen molar-refractivity contribution in [3.05, 3.63) is 65.5 Å². The molecule has 0 saturated carbocycles. The van der Waals surface area contributed by atoms with Crippen molar-refractivity contribution in [2.24, 2.45) is 0 Å². The molecule has 1 aliphatic rings. The minimum Gasteiger partial charge on any atom is -0.454 e. The van der Waals surface area contributed by atoms with E-state index < -0.39 is 16.1 Å². The second-order valence-electron chi connectivity index (χ2n) is 6.70. The van der Waals surface area contributed by atoms with Gasteiger partial charge in [0, 0.05) is 6.04 Å². The van der Waals surface area contributed by atoms with E-state index in [-0.39, 0.29) is 11.7 Å². The average Bonchev–Trinajstić information content (AvgIpc) is 3.25. The van der Waals surface area contributed by atoms with Gasteiger partial charge in [0.1, 0.15) is 4.90 Å². The van der Waals surface area contributed by atoms with Gasteiger partial charge in [-0.2, -0.15) is 5.10 Å². The fraction of sp³-hybridized carbons (Fsp3) is 0.250. The molecule has 1 unspecified atom stereocenters. The van der Waals surface area contributed by atoms with E-state index in [2.05, 4.69) is 9.82 Å². The van der Waals surface area contributed by atoms with Gasteiger partial charge in [0.15, 0.2) is 11.5 Å². The molecule has 8 heteroatoms. The van der Waals surface area contributed by atoms with Gasteiger partial charge in [-0.1, -0.05) is 24.3 Å². The maximum absolute atomic E-state index is 13.1. The van der Waals surface area contributed by atoms with Gasteiger partial charge in [-0.15, -0.1) is 0 Å². The lowest BCUT2D eigenvalue weighted by Gasteiger charge is -2.15. The summed E-state index contributed by atoms with van der Waals surface area (Å²) >= 11 is 0. The van der Waals surface area contributed by atoms with Gasteiger partial charge in [0.05, 0.1) is 17.1 Å². The quantitative estimate of drug-likeness (QED) is 0.712. The van der Waals surface area contributed by atoms with Gasteiger partial charge >= 0.3 is 0 Å². The van der Waals surface area contributed by atoms with Gasteiger partial charge in [0.25, 0.3) is 0 Å². The lowest BCUT2D eigenvalue weighted by Crippen LogP contribution is -2.27. The molecule has 1 N–H and O–H groups in total. The summed E-state index contributed by atoms with van der Waals surface area (Å²) in [6, 6.07) is 14.4. The zero-order valence-corrected chi connectivity index (χ0v) is 16.7. The van der Waals surface area contributed by atoms with Gasteiger partial charge in [-0.3, -0.25) is 0 Å². The Hall–Kier alpha value is -2.84. The predicted molar refractivity (Wildman–Crippen MR) is 104 cm³/mol. The van der Waals surface area contributed by atoms with Gasteiger partial charge in [-0.05, 0) is 50.6 Å². The van der Waals surface area contributed by atoms with Gasteiger partial charge in [-0.25, -0.2) is 17.8 Å². The maximum Gasteiger partial charge on any atom is 0.244 e. The smallest absolute Gasteiger partial charge is 0.244 e. The molecule has 0 saturated heterocycles. The molecule has 4 rings (SSSR count). The van der Waals surface area contributed by atoms with Crippen molar-refractivity contribution in [1.29, 1.82) is 0 Å². The third-order valence-electron chi connectivity index (χ3n) is 4.72. The molecule has 0 amide bonds. The molecule has 0 radical (unpaired) electrons. The SMILES string of the molecule is Cc1nn(-c2ccccc2)c(C)c1S(=O)(=O)NC(C)c1ccc2c(c1)OCO2. The van der Waals surface area contributed by atoms with Crippen LogP contribution in [0.15, 0.2) is 53.4 Å². The van der Waals surface area contributed by atoms with E-state index in [0.29, 0.717) is 22.9 Å². The molecule has 0 bridgehead atoms. The monoisotopic (exact) mass is 399 g/mol. The summed E-state index contributed by atoms with van der Waals surface area (Å²) in [7, 11) is -3.78. The van der Waals surface area contributed by atoms with Crippen LogP contribution in [0.3, 0.4) is 0 Å². The molecule has 7 nitrogen and oxygen atoms in total. The van der Waals surface area contributed by atoms with E-state index in [4.69, 9.17) is 9.47 Å². The summed E-state index contributed by atoms with van der Waals surface area (Å²) < 4.78 is 41.3. The van der Waals surface area contributed by atoms with Crippen molar-refractivity contribution >= 4 is 10.0 Å². The summed E-state index contributed by atoms with van der Waals surface area (Å²) in [4.78, 5) is 0.198. The number of aromatic nitrogens is 2. The van der Waals surface area contributed by atoms with Crippen molar-refractivity contribution in [2.45, 2.75) is 31.7 Å². The Morgan fingerprint density at radius 1 is 1.07 bits per heavy atom. The summed E-state index contributed by atoms with van der Waals surface area (Å²) in [5.41, 5.74) is 2.62. The summed E-state index contributed by atoms with van der Waals surface area (Å²) in [5, 5.41) is 4.43. The van der Waals surface area contributed by atoms with Crippen LogP contribution in [0.1, 0.15) is 29.9 Å². The van der Waals surface area contributed by atoms with Gasteiger partial charge < -0.3 is 9.47 Å². The standard InChI is InChI=1S/C20H21N3O4S/c1-13(16-9-10-18-19(11-16)27-12-26-18)22-28(24,25)20-14(2)21-23(15(20)3)17-7-5-4-6-8-17/h4-11,13,22H,12H2,1-3H3. The van der Waals surface area contributed by atoms with Crippen molar-refractivity contribution in [3.63, 3.8) is 0 Å². The normalized spacial score (nSPS) is 14.2. The molecule has 2 heterocycles. The summed E-state index contributed by atoms with van der Waals surface area (Å²) in [6.45, 7) is 5.43. The predicted octanol–water partition coefficient (Wildman–Crippen LogP) is 3.26. The van der Waals surface area contributed by atoms with Crippen LogP contribution in [0.2, 0.25) is 0 Å². The maximum atomic E-state index is 13.1. The molecule has 2 aromatic carbocycles. The van der Waals surface area contributed by atoms with Crippen LogP contribution in [0.5, 0.6) is 11.5 Å². The minimum atomic E-state index is -3.78. The number of ether oxygens (including phenoxy) is 2. The minimum absolute atomic E-state index is 0.177. The van der Waals surface area contributed by atoms with Crippen LogP contribution in [0.4, 0.5) is 0 Å². The van der Waals surface area contributed by atoms with Crippen LogP contribution in [0.25, 0.3) is 5.69 Å². The van der Waals surface area contributed by atoms with Gasteiger partial charge in [0.2, 0.25) is 16.8 Å². The molecule has 28 heavy (non-hydrogen) atoms. The van der Waals surface area contributed by atoms with E-state index in [9.17, 15) is 8.42 Å². The zero-order valence-electron chi connectivity index (χ0n) is 15.8. The number of fused-ring (bicyclic) bond motifs is 1. The van der Waals surface area contributed by atoms with Crippen LogP contribution < -0.4 is 14.2 Å². The van der Waals surface area contributed by atoms with Crippen LogP contribution in [-0.4, -0.2) is 25.0 Å². The van der Waals surface area contributed by atoms with E-state index in [1.807, 2.05) is 36.4 Å². The molecular weight excluding hydrogens is 378 g/mol. The van der Waals surface area contributed by atoms with E-state index in [1.165, 1.54) is 0 Å². The number of benzene rings is 2. The van der Waals surface area contributed by atoms with E-state index >= 15 is 0 Å². The third kappa shape index (κ3) is 3.25. The first kappa shape index (κ1) is 18.5. The Morgan fingerprint density at radius 2 is 1.79 bits per heavy atom. The molecule has 0 fully saturated rings. The number of aryl methyl sites for hydroxylation is 1. The Labute approximate surface area is 164 Å². The van der Waals surface area contributed by atoms with Crippen molar-refractivity contribution in [3.8, 4) is 17.2 Å². The highest BCUT2D eigenvalue weighted by Gasteiger charge is 2.27. The second-order valence-corrected chi connectivity index (χ2v) is 8.35. The molecule has 3 aromatic rings. The highest BCUT2D eigenvalue weighted by molar-refractivity contribution is 7.89. The van der Waals surface area contributed by atoms with E-state index in [1.54, 1.807) is 37.6 Å². The van der Waals surface area contributed by atoms with Crippen molar-refractivity contribution < 1.29 is 17.9 Å². The molecule has 1 aliphatic heterocycles. The molecule has 1 atom stereocenters. The molecule has 1 aromatic heterocycles. The molecular formula is C20H21N3O4S. The Kier molecular flexibility index (Phi) is 4.60. The molecule has 146 valence electrons. The number of para-hydroxylation sites is 1. The average molecular weight is 399 g/mol. The van der Waals surface area contributed by atoms with Crippen LogP contribution in [-0.2, 0) is 10.0 Å². The number of nitrogens with zero attached hydrogens (tertiary/aromatic N) is 2. The number of hydrogen-bond donors (Lipinski definition) is 1. The number of rotatable bonds is 5. The highest BCUT2D eigenvalue weighted by atomic mass is 32.2. The topological polar surface area (TPSA) is 82.5 Å². The Morgan fingerprint density at radius 3 is 2.54 bits per heavy atom. The fourth-order valence-corrected chi connectivity index (χ4v) is 5.00. The zero-order chi connectivity index (χ0) is 19.9. The lowest BCUT2D eigenvalue weighted by molar-refractivity contribution is 0.174.